The first kappa shape index (κ1) is 19.2. The normalized spacial score (nSPS) is 32.2. The third kappa shape index (κ3) is 2.91. The van der Waals surface area contributed by atoms with Gasteiger partial charge in [0.05, 0.1) is 6.04 Å². The second-order valence-electron chi connectivity index (χ2n) is 9.25. The Bertz CT molecular complexity index is 977. The van der Waals surface area contributed by atoms with E-state index in [0.29, 0.717) is 17.8 Å². The van der Waals surface area contributed by atoms with E-state index >= 15 is 0 Å². The number of aryl methyl sites for hydroxylation is 1. The maximum absolute atomic E-state index is 13.3. The van der Waals surface area contributed by atoms with Gasteiger partial charge >= 0.3 is 6.03 Å². The van der Waals surface area contributed by atoms with Crippen LogP contribution in [0.4, 0.5) is 4.79 Å². The third-order valence-corrected chi connectivity index (χ3v) is 7.65. The molecule has 0 saturated carbocycles. The molecule has 3 heteroatoms. The SMILES string of the molecule is Cc1ccc([C@H]2C3C=CC4(C=C3)[C@@H]2CN(C(=O)N[C@@H](C)c2ccccc2)[C@@H]4C)cc1. The van der Waals surface area contributed by atoms with Gasteiger partial charge < -0.3 is 10.2 Å². The number of hydrogen-bond acceptors (Lipinski definition) is 1. The molecule has 0 unspecified atom stereocenters. The molecule has 1 heterocycles. The Morgan fingerprint density at radius 3 is 2.40 bits per heavy atom. The highest BCUT2D eigenvalue weighted by atomic mass is 16.2. The van der Waals surface area contributed by atoms with Gasteiger partial charge in [-0.1, -0.05) is 84.5 Å². The zero-order chi connectivity index (χ0) is 20.9. The predicted octanol–water partition coefficient (Wildman–Crippen LogP) is 5.61. The van der Waals surface area contributed by atoms with E-state index in [1.807, 2.05) is 18.2 Å². The average Bonchev–Trinajstić information content (AvgIpc) is 3.08. The second-order valence-corrected chi connectivity index (χ2v) is 9.25. The number of amides is 2. The molecule has 154 valence electrons. The molecule has 1 saturated heterocycles. The number of nitrogens with zero attached hydrogens (tertiary/aromatic N) is 1. The van der Waals surface area contributed by atoms with E-state index in [1.54, 1.807) is 0 Å². The lowest BCUT2D eigenvalue weighted by molar-refractivity contribution is 0.182. The predicted molar refractivity (Wildman–Crippen MR) is 121 cm³/mol. The molecule has 6 rings (SSSR count). The van der Waals surface area contributed by atoms with Gasteiger partial charge in [0.1, 0.15) is 0 Å². The largest absolute Gasteiger partial charge is 0.331 e. The van der Waals surface area contributed by atoms with Gasteiger partial charge in [-0.05, 0) is 43.7 Å². The number of benzene rings is 2. The first-order chi connectivity index (χ1) is 14.5. The first-order valence-electron chi connectivity index (χ1n) is 11.1. The Morgan fingerprint density at radius 2 is 1.73 bits per heavy atom. The fourth-order valence-corrected chi connectivity index (χ4v) is 5.84. The monoisotopic (exact) mass is 398 g/mol. The summed E-state index contributed by atoms with van der Waals surface area (Å²) < 4.78 is 0. The molecule has 0 aromatic heterocycles. The van der Waals surface area contributed by atoms with Gasteiger partial charge in [0.25, 0.3) is 0 Å². The minimum atomic E-state index is -0.0718. The topological polar surface area (TPSA) is 32.3 Å². The van der Waals surface area contributed by atoms with Crippen LogP contribution in [-0.2, 0) is 0 Å². The molecule has 0 radical (unpaired) electrons. The maximum atomic E-state index is 13.3. The van der Waals surface area contributed by atoms with Crippen molar-refractivity contribution in [1.29, 1.82) is 0 Å². The van der Waals surface area contributed by atoms with Crippen molar-refractivity contribution in [3.8, 4) is 0 Å². The molecule has 4 aliphatic rings. The number of carbonyl (C=O) groups excluding carboxylic acids is 1. The number of hydrogen-bond donors (Lipinski definition) is 1. The van der Waals surface area contributed by atoms with Crippen molar-refractivity contribution in [3.05, 3.63) is 95.6 Å². The quantitative estimate of drug-likeness (QED) is 0.670. The van der Waals surface area contributed by atoms with Crippen LogP contribution in [0.15, 0.2) is 78.9 Å². The Morgan fingerprint density at radius 1 is 1.07 bits per heavy atom. The molecular formula is C27H30N2O. The van der Waals surface area contributed by atoms with Gasteiger partial charge in [-0.2, -0.15) is 0 Å². The number of likely N-dealkylation sites (tertiary alicyclic amines) is 1. The van der Waals surface area contributed by atoms with Crippen molar-refractivity contribution in [2.45, 2.75) is 38.8 Å². The van der Waals surface area contributed by atoms with Gasteiger partial charge in [-0.25, -0.2) is 4.79 Å². The highest BCUT2D eigenvalue weighted by Gasteiger charge is 2.58. The van der Waals surface area contributed by atoms with Crippen LogP contribution in [0.25, 0.3) is 0 Å². The zero-order valence-corrected chi connectivity index (χ0v) is 18.0. The van der Waals surface area contributed by atoms with Crippen LogP contribution >= 0.6 is 0 Å². The molecule has 1 aliphatic heterocycles. The Hall–Kier alpha value is -2.81. The molecule has 3 aliphatic carbocycles. The van der Waals surface area contributed by atoms with Gasteiger partial charge in [0, 0.05) is 23.9 Å². The van der Waals surface area contributed by atoms with Crippen LogP contribution in [0, 0.1) is 24.2 Å². The van der Waals surface area contributed by atoms with Crippen molar-refractivity contribution in [1.82, 2.24) is 10.2 Å². The van der Waals surface area contributed by atoms with Gasteiger partial charge in [-0.3, -0.25) is 0 Å². The van der Waals surface area contributed by atoms with Crippen LogP contribution in [0.2, 0.25) is 0 Å². The zero-order valence-electron chi connectivity index (χ0n) is 18.0. The summed E-state index contributed by atoms with van der Waals surface area (Å²) in [5.74, 6) is 1.25. The lowest BCUT2D eigenvalue weighted by Gasteiger charge is -2.47. The molecule has 1 spiro atoms. The Kier molecular flexibility index (Phi) is 4.57. The van der Waals surface area contributed by atoms with E-state index in [0.717, 1.165) is 12.1 Å². The van der Waals surface area contributed by atoms with Crippen molar-refractivity contribution < 1.29 is 4.79 Å². The van der Waals surface area contributed by atoms with E-state index in [4.69, 9.17) is 0 Å². The lowest BCUT2D eigenvalue weighted by Crippen LogP contribution is -2.46. The standard InChI is InChI=1S/C27H30N2O/c1-18-9-11-22(12-10-18)25-23-13-15-27(16-14-23)20(3)29(17-24(25)27)26(30)28-19(2)21-7-5-4-6-8-21/h4-16,19-20,23-25H,17H2,1-3H3,(H,28,30)/t19-,20+,23?,24+,25-,27?/m0/s1. The van der Waals surface area contributed by atoms with E-state index < -0.39 is 0 Å². The summed E-state index contributed by atoms with van der Waals surface area (Å²) in [7, 11) is 0. The summed E-state index contributed by atoms with van der Waals surface area (Å²) >= 11 is 0. The van der Waals surface area contributed by atoms with Crippen LogP contribution < -0.4 is 5.32 Å². The number of rotatable bonds is 3. The smallest absolute Gasteiger partial charge is 0.318 e. The third-order valence-electron chi connectivity index (χ3n) is 7.65. The highest BCUT2D eigenvalue weighted by molar-refractivity contribution is 5.76. The van der Waals surface area contributed by atoms with Gasteiger partial charge in [0.2, 0.25) is 0 Å². The van der Waals surface area contributed by atoms with Crippen LogP contribution in [0.1, 0.15) is 42.5 Å². The minimum absolute atomic E-state index is 0.0127. The van der Waals surface area contributed by atoms with Crippen molar-refractivity contribution in [3.63, 3.8) is 0 Å². The average molecular weight is 399 g/mol. The Balaban J connectivity index is 1.41. The van der Waals surface area contributed by atoms with Crippen molar-refractivity contribution >= 4 is 6.03 Å². The molecule has 2 aromatic carbocycles. The van der Waals surface area contributed by atoms with E-state index in [9.17, 15) is 4.79 Å². The molecule has 1 N–H and O–H groups in total. The van der Waals surface area contributed by atoms with Gasteiger partial charge in [-0.15, -0.1) is 0 Å². The summed E-state index contributed by atoms with van der Waals surface area (Å²) in [5.41, 5.74) is 3.74. The van der Waals surface area contributed by atoms with Crippen LogP contribution in [-0.4, -0.2) is 23.5 Å². The van der Waals surface area contributed by atoms with Crippen LogP contribution in [0.3, 0.4) is 0 Å². The van der Waals surface area contributed by atoms with E-state index in [2.05, 4.69) is 91.7 Å². The lowest BCUT2D eigenvalue weighted by atomic mass is 9.56. The minimum Gasteiger partial charge on any atom is -0.331 e. The van der Waals surface area contributed by atoms with Crippen molar-refractivity contribution in [2.75, 3.05) is 6.54 Å². The molecule has 3 nitrogen and oxygen atoms in total. The number of allylic oxidation sites excluding steroid dienone is 2. The molecule has 2 aromatic rings. The summed E-state index contributed by atoms with van der Waals surface area (Å²) in [6.07, 6.45) is 9.49. The Labute approximate surface area is 179 Å². The summed E-state index contributed by atoms with van der Waals surface area (Å²) in [6, 6.07) is 19.3. The van der Waals surface area contributed by atoms with Crippen molar-refractivity contribution in [2.24, 2.45) is 17.3 Å². The fourth-order valence-electron chi connectivity index (χ4n) is 5.84. The number of nitrogens with one attached hydrogen (secondary N) is 1. The molecule has 30 heavy (non-hydrogen) atoms. The number of carbonyl (C=O) groups is 1. The molecular weight excluding hydrogens is 368 g/mol. The summed E-state index contributed by atoms with van der Waals surface area (Å²) in [5, 5.41) is 3.23. The number of urea groups is 1. The maximum Gasteiger partial charge on any atom is 0.318 e. The summed E-state index contributed by atoms with van der Waals surface area (Å²) in [6.45, 7) is 7.19. The van der Waals surface area contributed by atoms with Crippen LogP contribution in [0.5, 0.6) is 0 Å². The second kappa shape index (κ2) is 7.16. The molecule has 2 amide bonds. The molecule has 1 fully saturated rings. The van der Waals surface area contributed by atoms with E-state index in [1.165, 1.54) is 11.1 Å². The highest BCUT2D eigenvalue weighted by Crippen LogP contribution is 2.59. The molecule has 2 bridgehead atoms. The summed E-state index contributed by atoms with van der Waals surface area (Å²) in [4.78, 5) is 15.4. The first-order valence-corrected chi connectivity index (χ1v) is 11.1. The van der Waals surface area contributed by atoms with Gasteiger partial charge in [0.15, 0.2) is 0 Å². The fraction of sp³-hybridized carbons (Fsp3) is 0.370. The molecule has 4 atom stereocenters. The van der Waals surface area contributed by atoms with E-state index in [-0.39, 0.29) is 23.5 Å².